The first-order valence-corrected chi connectivity index (χ1v) is 12.7. The van der Waals surface area contributed by atoms with Crippen molar-refractivity contribution in [1.29, 1.82) is 0 Å². The Morgan fingerprint density at radius 3 is 1.70 bits per heavy atom. The number of hydrogen-bond donors (Lipinski definition) is 1. The van der Waals surface area contributed by atoms with Gasteiger partial charge in [-0.15, -0.1) is 0 Å². The first-order valence-electron chi connectivity index (χ1n) is 12.7. The zero-order valence-electron chi connectivity index (χ0n) is 22.5. The summed E-state index contributed by atoms with van der Waals surface area (Å²) >= 11 is 0. The van der Waals surface area contributed by atoms with Crippen molar-refractivity contribution in [1.82, 2.24) is 34.5 Å². The van der Waals surface area contributed by atoms with E-state index < -0.39 is 0 Å². The minimum atomic E-state index is -0.338. The maximum absolute atomic E-state index is 12.6. The average Bonchev–Trinajstić information content (AvgIpc) is 3.33. The zero-order chi connectivity index (χ0) is 27.4. The van der Waals surface area contributed by atoms with E-state index in [4.69, 9.17) is 0 Å². The molecule has 2 heterocycles. The summed E-state index contributed by atoms with van der Waals surface area (Å²) in [6.07, 6.45) is 4.48. The van der Waals surface area contributed by atoms with Crippen LogP contribution in [0.4, 0.5) is 4.79 Å². The van der Waals surface area contributed by atoms with Gasteiger partial charge in [0, 0.05) is 70.8 Å². The Morgan fingerprint density at radius 2 is 1.22 bits per heavy atom. The van der Waals surface area contributed by atoms with Gasteiger partial charge in [-0.05, 0) is 27.7 Å². The monoisotopic (exact) mass is 519 g/mol. The molecule has 1 unspecified atom stereocenters. The van der Waals surface area contributed by atoms with Crippen LogP contribution in [-0.2, 0) is 19.2 Å². The molecule has 1 aliphatic rings. The number of aromatic nitrogens is 2. The Morgan fingerprint density at radius 1 is 0.730 bits per heavy atom. The molecule has 37 heavy (non-hydrogen) atoms. The van der Waals surface area contributed by atoms with Crippen LogP contribution in [0.25, 0.3) is 0 Å². The summed E-state index contributed by atoms with van der Waals surface area (Å²) in [5.74, 6) is 0.0928. The third-order valence-corrected chi connectivity index (χ3v) is 6.15. The Bertz CT molecular complexity index is 921. The van der Waals surface area contributed by atoms with E-state index in [2.05, 4.69) is 10.3 Å². The minimum absolute atomic E-state index is 0.0113. The van der Waals surface area contributed by atoms with Crippen molar-refractivity contribution in [3.8, 4) is 0 Å². The van der Waals surface area contributed by atoms with Gasteiger partial charge >= 0.3 is 6.03 Å². The molecule has 1 aromatic rings. The van der Waals surface area contributed by atoms with E-state index in [0.29, 0.717) is 52.4 Å². The number of Topliss-reactive ketones (excluding diaryl/α,β-unsaturated/α-hetero) is 4. The summed E-state index contributed by atoms with van der Waals surface area (Å²) in [7, 11) is 0. The minimum Gasteiger partial charge on any atom is -0.336 e. The van der Waals surface area contributed by atoms with Gasteiger partial charge in [0.2, 0.25) is 0 Å². The van der Waals surface area contributed by atoms with Gasteiger partial charge < -0.3 is 5.32 Å². The molecule has 1 atom stereocenters. The van der Waals surface area contributed by atoms with Crippen LogP contribution in [0.3, 0.4) is 0 Å². The highest BCUT2D eigenvalue weighted by Crippen LogP contribution is 2.08. The van der Waals surface area contributed by atoms with Crippen molar-refractivity contribution in [2.45, 2.75) is 33.7 Å². The molecule has 1 amide bonds. The summed E-state index contributed by atoms with van der Waals surface area (Å²) < 4.78 is 1.34. The highest BCUT2D eigenvalue weighted by atomic mass is 16.2. The molecule has 12 heteroatoms. The molecule has 1 saturated heterocycles. The van der Waals surface area contributed by atoms with E-state index in [1.807, 2.05) is 19.6 Å². The molecule has 1 aliphatic heterocycles. The lowest BCUT2D eigenvalue weighted by Gasteiger charge is -2.38. The van der Waals surface area contributed by atoms with Gasteiger partial charge in [0.15, 0.2) is 0 Å². The lowest BCUT2D eigenvalue weighted by molar-refractivity contribution is -0.121. The number of nitrogens with zero attached hydrogens (tertiary/aromatic N) is 6. The molecule has 0 saturated carbocycles. The predicted molar refractivity (Wildman–Crippen MR) is 138 cm³/mol. The summed E-state index contributed by atoms with van der Waals surface area (Å²) in [5.41, 5.74) is 0. The van der Waals surface area contributed by atoms with Crippen LogP contribution in [0.1, 0.15) is 27.7 Å². The Hall–Kier alpha value is -2.80. The van der Waals surface area contributed by atoms with Crippen LogP contribution in [0.2, 0.25) is 0 Å². The first-order chi connectivity index (χ1) is 17.5. The predicted octanol–water partition coefficient (Wildman–Crippen LogP) is -0.613. The molecule has 2 rings (SSSR count). The summed E-state index contributed by atoms with van der Waals surface area (Å²) in [6.45, 7) is 11.2. The molecule has 206 valence electrons. The molecular formula is C25H41N7O5. The van der Waals surface area contributed by atoms with E-state index in [9.17, 15) is 24.0 Å². The maximum Gasteiger partial charge on any atom is 0.326 e. The lowest BCUT2D eigenvalue weighted by Crippen LogP contribution is -2.55. The highest BCUT2D eigenvalue weighted by molar-refractivity contribution is 5.79. The summed E-state index contributed by atoms with van der Waals surface area (Å²) in [6, 6.07) is -0.606. The summed E-state index contributed by atoms with van der Waals surface area (Å²) in [4.78, 5) is 72.8. The normalized spacial score (nSPS) is 19.5. The molecule has 0 aliphatic carbocycles. The van der Waals surface area contributed by atoms with Crippen LogP contribution in [0, 0.1) is 0 Å². The zero-order valence-corrected chi connectivity index (χ0v) is 22.5. The molecule has 0 bridgehead atoms. The van der Waals surface area contributed by atoms with E-state index >= 15 is 0 Å². The molecule has 0 radical (unpaired) electrons. The van der Waals surface area contributed by atoms with Crippen molar-refractivity contribution in [2.75, 3.05) is 78.5 Å². The number of rotatable bonds is 10. The number of carbonyl (C=O) groups excluding carboxylic acids is 5. The van der Waals surface area contributed by atoms with E-state index in [1.165, 1.54) is 30.9 Å². The second kappa shape index (κ2) is 15.5. The van der Waals surface area contributed by atoms with E-state index in [0.717, 1.165) is 0 Å². The second-order valence-electron chi connectivity index (χ2n) is 9.88. The van der Waals surface area contributed by atoms with Crippen LogP contribution in [-0.4, -0.2) is 143 Å². The average molecular weight is 520 g/mol. The molecule has 1 N–H and O–H groups in total. The van der Waals surface area contributed by atoms with Gasteiger partial charge in [0.05, 0.1) is 26.2 Å². The quantitative estimate of drug-likeness (QED) is 0.427. The fourth-order valence-corrected chi connectivity index (χ4v) is 4.51. The van der Waals surface area contributed by atoms with E-state index in [-0.39, 0.29) is 61.4 Å². The number of hydrogen-bond acceptors (Lipinski definition) is 10. The lowest BCUT2D eigenvalue weighted by atomic mass is 10.1. The van der Waals surface area contributed by atoms with Gasteiger partial charge in [-0.25, -0.2) is 9.78 Å². The molecule has 1 aromatic heterocycles. The Labute approximate surface area is 218 Å². The standard InChI is InChI=1S/C25H41N7O5/c1-20(33)14-28-7-8-29(15-21(2)34)11-12-31(17-23(4)36)24(18-30(10-9-28)16-22(3)35)13-27-25(37)32-6-5-26-19-32/h5-6,19,24H,7-18H2,1-4H3,(H,27,37). The van der Waals surface area contributed by atoms with Crippen molar-refractivity contribution >= 4 is 29.2 Å². The molecular weight excluding hydrogens is 478 g/mol. The SMILES string of the molecule is CC(=O)CN1CCN(CC(C)=O)CCN(CC(C)=O)C(CNC(=O)n2ccnc2)CN(CC(C)=O)CC1. The Kier molecular flexibility index (Phi) is 12.7. The number of carbonyl (C=O) groups is 5. The van der Waals surface area contributed by atoms with Gasteiger partial charge in [0.25, 0.3) is 0 Å². The molecule has 0 spiro atoms. The largest absolute Gasteiger partial charge is 0.336 e. The topological polar surface area (TPSA) is 128 Å². The second-order valence-corrected chi connectivity index (χ2v) is 9.88. The van der Waals surface area contributed by atoms with Crippen molar-refractivity contribution in [3.63, 3.8) is 0 Å². The van der Waals surface area contributed by atoms with Crippen LogP contribution in [0.5, 0.6) is 0 Å². The van der Waals surface area contributed by atoms with Gasteiger partial charge in [0.1, 0.15) is 29.5 Å². The fourth-order valence-electron chi connectivity index (χ4n) is 4.51. The maximum atomic E-state index is 12.6. The number of imidazole rings is 1. The third kappa shape index (κ3) is 11.9. The van der Waals surface area contributed by atoms with Crippen LogP contribution >= 0.6 is 0 Å². The van der Waals surface area contributed by atoms with Gasteiger partial charge in [-0.2, -0.15) is 0 Å². The molecule has 0 aromatic carbocycles. The van der Waals surface area contributed by atoms with Crippen molar-refractivity contribution < 1.29 is 24.0 Å². The number of nitrogens with one attached hydrogen (secondary N) is 1. The van der Waals surface area contributed by atoms with Crippen molar-refractivity contribution in [3.05, 3.63) is 18.7 Å². The molecule has 12 nitrogen and oxygen atoms in total. The fraction of sp³-hybridized carbons (Fsp3) is 0.680. The van der Waals surface area contributed by atoms with Crippen molar-refractivity contribution in [2.24, 2.45) is 0 Å². The van der Waals surface area contributed by atoms with Crippen LogP contribution < -0.4 is 5.32 Å². The Balaban J connectivity index is 2.32. The molecule has 1 fully saturated rings. The van der Waals surface area contributed by atoms with Gasteiger partial charge in [-0.3, -0.25) is 43.3 Å². The number of amides is 1. The first kappa shape index (κ1) is 30.4. The third-order valence-electron chi connectivity index (χ3n) is 6.15. The highest BCUT2D eigenvalue weighted by Gasteiger charge is 2.26. The smallest absolute Gasteiger partial charge is 0.326 e. The van der Waals surface area contributed by atoms with Gasteiger partial charge in [-0.1, -0.05) is 0 Å². The van der Waals surface area contributed by atoms with Crippen LogP contribution in [0.15, 0.2) is 18.7 Å². The summed E-state index contributed by atoms with van der Waals surface area (Å²) in [5, 5.41) is 2.92. The van der Waals surface area contributed by atoms with E-state index in [1.54, 1.807) is 20.0 Å². The number of ketones is 4.